The summed E-state index contributed by atoms with van der Waals surface area (Å²) in [5.41, 5.74) is 2.65. The van der Waals surface area contributed by atoms with Crippen molar-refractivity contribution in [2.45, 2.75) is 52.6 Å². The van der Waals surface area contributed by atoms with Gasteiger partial charge in [-0.2, -0.15) is 0 Å². The monoisotopic (exact) mass is 369 g/mol. The van der Waals surface area contributed by atoms with Gasteiger partial charge in [0, 0.05) is 6.04 Å². The van der Waals surface area contributed by atoms with Gasteiger partial charge in [-0.3, -0.25) is 5.32 Å². The Bertz CT molecular complexity index is 806. The molecule has 0 saturated carbocycles. The highest BCUT2D eigenvalue weighted by atomic mass is 32.1. The zero-order chi connectivity index (χ0) is 18.7. The van der Waals surface area contributed by atoms with Gasteiger partial charge >= 0.3 is 0 Å². The van der Waals surface area contributed by atoms with Crippen molar-refractivity contribution in [3.8, 4) is 10.8 Å². The molecule has 0 saturated heterocycles. The van der Waals surface area contributed by atoms with Crippen LogP contribution in [0.5, 0.6) is 0 Å². The molecule has 0 aliphatic carbocycles. The van der Waals surface area contributed by atoms with E-state index < -0.39 is 0 Å². The number of rotatable bonds is 7. The van der Waals surface area contributed by atoms with E-state index >= 15 is 0 Å². The van der Waals surface area contributed by atoms with Crippen LogP contribution in [-0.4, -0.2) is 10.2 Å². The fourth-order valence-corrected chi connectivity index (χ4v) is 3.66. The van der Waals surface area contributed by atoms with E-state index in [1.807, 2.05) is 17.5 Å². The number of hydrogen-bond acceptors (Lipinski definition) is 5. The first-order valence-corrected chi connectivity index (χ1v) is 10.1. The van der Waals surface area contributed by atoms with Gasteiger partial charge in [0.15, 0.2) is 0 Å². The second kappa shape index (κ2) is 8.14. The summed E-state index contributed by atoms with van der Waals surface area (Å²) in [6.45, 7) is 11.0. The number of aromatic nitrogens is 2. The molecule has 1 aromatic carbocycles. The summed E-state index contributed by atoms with van der Waals surface area (Å²) >= 11 is 1.60. The quantitative estimate of drug-likeness (QED) is 0.557. The van der Waals surface area contributed by atoms with Crippen LogP contribution >= 0.6 is 11.3 Å². The Morgan fingerprint density at radius 3 is 2.19 bits per heavy atom. The summed E-state index contributed by atoms with van der Waals surface area (Å²) in [5.74, 6) is 2.20. The second-order valence-corrected chi connectivity index (χ2v) is 8.30. The average molecular weight is 370 g/mol. The van der Waals surface area contributed by atoms with E-state index in [4.69, 9.17) is 4.42 Å². The van der Waals surface area contributed by atoms with E-state index in [-0.39, 0.29) is 12.1 Å². The van der Waals surface area contributed by atoms with E-state index in [2.05, 4.69) is 74.4 Å². The van der Waals surface area contributed by atoms with Crippen molar-refractivity contribution in [3.63, 3.8) is 0 Å². The molecule has 3 rings (SSSR count). The smallest absolute Gasteiger partial charge is 0.257 e. The standard InChI is InChI=1S/C21H27N3OS/c1-13(2)16-8-10-17(11-9-16)19(14(3)4)22-15(5)20-23-24-21(25-20)18-7-6-12-26-18/h6-15,19,22H,1-5H3/t15-,19+/m1/s1. The van der Waals surface area contributed by atoms with Crippen molar-refractivity contribution in [2.24, 2.45) is 5.92 Å². The normalized spacial score (nSPS) is 14.1. The lowest BCUT2D eigenvalue weighted by Crippen LogP contribution is -2.28. The lowest BCUT2D eigenvalue weighted by Gasteiger charge is -2.26. The minimum absolute atomic E-state index is 0.0200. The first-order valence-electron chi connectivity index (χ1n) is 9.19. The third-order valence-electron chi connectivity index (χ3n) is 4.60. The summed E-state index contributed by atoms with van der Waals surface area (Å²) in [5, 5.41) is 14.1. The first kappa shape index (κ1) is 18.8. The van der Waals surface area contributed by atoms with Crippen LogP contribution in [0.1, 0.15) is 69.6 Å². The highest BCUT2D eigenvalue weighted by Gasteiger charge is 2.22. The molecule has 0 fully saturated rings. The lowest BCUT2D eigenvalue weighted by atomic mass is 9.93. The van der Waals surface area contributed by atoms with Crippen molar-refractivity contribution in [2.75, 3.05) is 0 Å². The molecule has 0 aliphatic rings. The predicted molar refractivity (Wildman–Crippen MR) is 107 cm³/mol. The van der Waals surface area contributed by atoms with Gasteiger partial charge in [-0.1, -0.05) is 58.0 Å². The van der Waals surface area contributed by atoms with E-state index in [0.717, 1.165) is 4.88 Å². The zero-order valence-corrected chi connectivity index (χ0v) is 16.9. The molecule has 4 nitrogen and oxygen atoms in total. The van der Waals surface area contributed by atoms with Crippen LogP contribution in [0.3, 0.4) is 0 Å². The third kappa shape index (κ3) is 4.22. The molecule has 2 atom stereocenters. The molecule has 0 spiro atoms. The molecule has 3 aromatic rings. The molecular weight excluding hydrogens is 342 g/mol. The molecule has 26 heavy (non-hydrogen) atoms. The minimum atomic E-state index is -0.0200. The van der Waals surface area contributed by atoms with Crippen molar-refractivity contribution in [3.05, 3.63) is 58.8 Å². The lowest BCUT2D eigenvalue weighted by molar-refractivity contribution is 0.335. The van der Waals surface area contributed by atoms with Crippen LogP contribution in [0.25, 0.3) is 10.8 Å². The number of benzene rings is 1. The molecule has 0 unspecified atom stereocenters. The van der Waals surface area contributed by atoms with Gasteiger partial charge in [-0.15, -0.1) is 21.5 Å². The third-order valence-corrected chi connectivity index (χ3v) is 5.46. The fourth-order valence-electron chi connectivity index (χ4n) is 3.01. The maximum Gasteiger partial charge on any atom is 0.257 e. The van der Waals surface area contributed by atoms with Crippen LogP contribution in [-0.2, 0) is 0 Å². The minimum Gasteiger partial charge on any atom is -0.418 e. The van der Waals surface area contributed by atoms with E-state index in [0.29, 0.717) is 23.6 Å². The maximum absolute atomic E-state index is 5.88. The van der Waals surface area contributed by atoms with Gasteiger partial charge in [0.05, 0.1) is 10.9 Å². The molecule has 0 bridgehead atoms. The van der Waals surface area contributed by atoms with E-state index in [9.17, 15) is 0 Å². The molecule has 2 heterocycles. The zero-order valence-electron chi connectivity index (χ0n) is 16.1. The molecule has 2 aromatic heterocycles. The van der Waals surface area contributed by atoms with Crippen LogP contribution in [0.15, 0.2) is 46.2 Å². The largest absolute Gasteiger partial charge is 0.418 e. The molecule has 0 amide bonds. The Kier molecular flexibility index (Phi) is 5.89. The van der Waals surface area contributed by atoms with Gasteiger partial charge in [-0.25, -0.2) is 0 Å². The van der Waals surface area contributed by atoms with Crippen molar-refractivity contribution < 1.29 is 4.42 Å². The Morgan fingerprint density at radius 1 is 0.923 bits per heavy atom. The van der Waals surface area contributed by atoms with Crippen LogP contribution in [0.2, 0.25) is 0 Å². The van der Waals surface area contributed by atoms with Crippen LogP contribution in [0, 0.1) is 5.92 Å². The van der Waals surface area contributed by atoms with Gasteiger partial charge in [0.25, 0.3) is 5.89 Å². The summed E-state index contributed by atoms with van der Waals surface area (Å²) in [4.78, 5) is 1.00. The fraction of sp³-hybridized carbons (Fsp3) is 0.429. The number of thiophene rings is 1. The highest BCUT2D eigenvalue weighted by Crippen LogP contribution is 2.29. The van der Waals surface area contributed by atoms with Gasteiger partial charge < -0.3 is 4.42 Å². The van der Waals surface area contributed by atoms with Crippen molar-refractivity contribution >= 4 is 11.3 Å². The average Bonchev–Trinajstić information content (AvgIpc) is 3.30. The molecule has 0 radical (unpaired) electrons. The summed E-state index contributed by atoms with van der Waals surface area (Å²) < 4.78 is 5.88. The van der Waals surface area contributed by atoms with Crippen molar-refractivity contribution in [1.82, 2.24) is 15.5 Å². The molecule has 5 heteroatoms. The van der Waals surface area contributed by atoms with Gasteiger partial charge in [0.2, 0.25) is 5.89 Å². The first-order chi connectivity index (χ1) is 12.5. The van der Waals surface area contributed by atoms with E-state index in [1.165, 1.54) is 11.1 Å². The Morgan fingerprint density at radius 2 is 1.62 bits per heavy atom. The highest BCUT2D eigenvalue weighted by molar-refractivity contribution is 7.13. The summed E-state index contributed by atoms with van der Waals surface area (Å²) in [6.07, 6.45) is 0. The maximum atomic E-state index is 5.88. The predicted octanol–water partition coefficient (Wildman–Crippen LogP) is 5.97. The van der Waals surface area contributed by atoms with E-state index in [1.54, 1.807) is 11.3 Å². The Hall–Kier alpha value is -1.98. The second-order valence-electron chi connectivity index (χ2n) is 7.35. The molecule has 0 aliphatic heterocycles. The number of hydrogen-bond donors (Lipinski definition) is 1. The van der Waals surface area contributed by atoms with Crippen LogP contribution < -0.4 is 5.32 Å². The summed E-state index contributed by atoms with van der Waals surface area (Å²) in [6, 6.07) is 13.1. The van der Waals surface area contributed by atoms with Crippen LogP contribution in [0.4, 0.5) is 0 Å². The van der Waals surface area contributed by atoms with Gasteiger partial charge in [-0.05, 0) is 41.3 Å². The Balaban J connectivity index is 1.75. The number of nitrogens with zero attached hydrogens (tertiary/aromatic N) is 2. The molecular formula is C21H27N3OS. The van der Waals surface area contributed by atoms with Gasteiger partial charge in [0.1, 0.15) is 0 Å². The SMILES string of the molecule is CC(C)c1ccc([C@@H](N[C@H](C)c2nnc(-c3cccs3)o2)C(C)C)cc1. The van der Waals surface area contributed by atoms with Crippen molar-refractivity contribution in [1.29, 1.82) is 0 Å². The Labute approximate surface area is 159 Å². The summed E-state index contributed by atoms with van der Waals surface area (Å²) in [7, 11) is 0. The molecule has 138 valence electrons. The topological polar surface area (TPSA) is 51.0 Å². The molecule has 1 N–H and O–H groups in total. The number of nitrogens with one attached hydrogen (secondary N) is 1.